The topological polar surface area (TPSA) is 96.9 Å². The van der Waals surface area contributed by atoms with E-state index >= 15 is 0 Å². The highest BCUT2D eigenvalue weighted by Gasteiger charge is 2.31. The van der Waals surface area contributed by atoms with E-state index in [1.807, 2.05) is 0 Å². The molecule has 0 saturated carbocycles. The van der Waals surface area contributed by atoms with Gasteiger partial charge in [0, 0.05) is 24.6 Å². The minimum atomic E-state index is -3.58. The van der Waals surface area contributed by atoms with Crippen molar-refractivity contribution in [2.75, 3.05) is 19.8 Å². The SMILES string of the molecule is C[C@@H](N=C1NS(=O)(=O)c2ccccc21)C(=O)NCC1CCOC1. The summed E-state index contributed by atoms with van der Waals surface area (Å²) in [4.78, 5) is 16.6. The molecule has 124 valence electrons. The summed E-state index contributed by atoms with van der Waals surface area (Å²) in [6.45, 7) is 3.59. The van der Waals surface area contributed by atoms with Gasteiger partial charge in [-0.15, -0.1) is 0 Å². The van der Waals surface area contributed by atoms with Crippen LogP contribution < -0.4 is 10.0 Å². The van der Waals surface area contributed by atoms with Crippen molar-refractivity contribution in [3.8, 4) is 0 Å². The molecule has 2 N–H and O–H groups in total. The van der Waals surface area contributed by atoms with Gasteiger partial charge in [-0.05, 0) is 25.5 Å². The van der Waals surface area contributed by atoms with Gasteiger partial charge < -0.3 is 10.1 Å². The number of aliphatic imine (C=N–C) groups is 1. The van der Waals surface area contributed by atoms with Gasteiger partial charge in [0.05, 0.1) is 11.5 Å². The first kappa shape index (κ1) is 15.9. The number of amides is 1. The number of carbonyl (C=O) groups excluding carboxylic acids is 1. The Hall–Kier alpha value is -1.93. The number of nitrogens with zero attached hydrogens (tertiary/aromatic N) is 1. The second-order valence-electron chi connectivity index (χ2n) is 5.73. The maximum atomic E-state index is 12.1. The summed E-state index contributed by atoms with van der Waals surface area (Å²) in [6, 6.07) is 5.90. The Kier molecular flexibility index (Phi) is 4.36. The highest BCUT2D eigenvalue weighted by molar-refractivity contribution is 7.90. The van der Waals surface area contributed by atoms with Gasteiger partial charge in [-0.1, -0.05) is 12.1 Å². The molecular weight excluding hydrogens is 318 g/mol. The number of rotatable bonds is 4. The van der Waals surface area contributed by atoms with Gasteiger partial charge in [0.1, 0.15) is 11.9 Å². The molecule has 2 heterocycles. The lowest BCUT2D eigenvalue weighted by Crippen LogP contribution is -2.36. The van der Waals surface area contributed by atoms with Crippen LogP contribution in [0.4, 0.5) is 0 Å². The average molecular weight is 337 g/mol. The molecule has 1 aromatic carbocycles. The second kappa shape index (κ2) is 6.29. The zero-order chi connectivity index (χ0) is 16.4. The molecule has 0 aliphatic carbocycles. The molecule has 1 saturated heterocycles. The van der Waals surface area contributed by atoms with E-state index in [9.17, 15) is 13.2 Å². The van der Waals surface area contributed by atoms with Crippen molar-refractivity contribution in [1.29, 1.82) is 0 Å². The zero-order valence-corrected chi connectivity index (χ0v) is 13.6. The number of amidine groups is 1. The molecule has 1 amide bonds. The van der Waals surface area contributed by atoms with E-state index in [2.05, 4.69) is 15.0 Å². The number of benzene rings is 1. The number of nitrogens with one attached hydrogen (secondary N) is 2. The van der Waals surface area contributed by atoms with Crippen LogP contribution in [0.25, 0.3) is 0 Å². The smallest absolute Gasteiger partial charge is 0.263 e. The molecule has 2 aliphatic heterocycles. The number of ether oxygens (including phenoxy) is 1. The average Bonchev–Trinajstić information content (AvgIpc) is 3.12. The van der Waals surface area contributed by atoms with Crippen molar-refractivity contribution in [2.45, 2.75) is 24.3 Å². The number of fused-ring (bicyclic) bond motifs is 1. The van der Waals surface area contributed by atoms with Gasteiger partial charge in [-0.3, -0.25) is 14.5 Å². The van der Waals surface area contributed by atoms with Gasteiger partial charge in [0.25, 0.3) is 10.0 Å². The Balaban J connectivity index is 1.70. The molecule has 0 aromatic heterocycles. The van der Waals surface area contributed by atoms with Gasteiger partial charge in [0.2, 0.25) is 5.91 Å². The summed E-state index contributed by atoms with van der Waals surface area (Å²) in [5.74, 6) is 0.324. The Bertz CT molecular complexity index is 739. The summed E-state index contributed by atoms with van der Waals surface area (Å²) < 4.78 is 31.7. The fourth-order valence-electron chi connectivity index (χ4n) is 2.62. The summed E-state index contributed by atoms with van der Waals surface area (Å²) in [5.41, 5.74) is 0.497. The molecule has 23 heavy (non-hydrogen) atoms. The molecule has 0 radical (unpaired) electrons. The second-order valence-corrected chi connectivity index (χ2v) is 7.38. The highest BCUT2D eigenvalue weighted by Crippen LogP contribution is 2.22. The monoisotopic (exact) mass is 337 g/mol. The lowest BCUT2D eigenvalue weighted by atomic mass is 10.1. The zero-order valence-electron chi connectivity index (χ0n) is 12.8. The molecule has 2 aliphatic rings. The first-order valence-electron chi connectivity index (χ1n) is 7.53. The van der Waals surface area contributed by atoms with Gasteiger partial charge in [0.15, 0.2) is 0 Å². The van der Waals surface area contributed by atoms with E-state index in [1.54, 1.807) is 25.1 Å². The Morgan fingerprint density at radius 1 is 1.48 bits per heavy atom. The Morgan fingerprint density at radius 2 is 2.26 bits per heavy atom. The molecule has 0 spiro atoms. The largest absolute Gasteiger partial charge is 0.381 e. The van der Waals surface area contributed by atoms with E-state index in [4.69, 9.17) is 4.74 Å². The number of sulfonamides is 1. The van der Waals surface area contributed by atoms with Crippen molar-refractivity contribution < 1.29 is 17.9 Å². The minimum Gasteiger partial charge on any atom is -0.381 e. The van der Waals surface area contributed by atoms with Crippen molar-refractivity contribution in [1.82, 2.24) is 10.0 Å². The van der Waals surface area contributed by atoms with Crippen molar-refractivity contribution >= 4 is 21.8 Å². The first-order chi connectivity index (χ1) is 11.0. The summed E-state index contributed by atoms with van der Waals surface area (Å²) >= 11 is 0. The number of carbonyl (C=O) groups is 1. The molecule has 0 bridgehead atoms. The minimum absolute atomic E-state index is 0.189. The van der Waals surface area contributed by atoms with Crippen LogP contribution in [0.3, 0.4) is 0 Å². The quantitative estimate of drug-likeness (QED) is 0.824. The van der Waals surface area contributed by atoms with Crippen LogP contribution in [0.5, 0.6) is 0 Å². The van der Waals surface area contributed by atoms with Crippen LogP contribution >= 0.6 is 0 Å². The van der Waals surface area contributed by atoms with Crippen LogP contribution in [0, 0.1) is 5.92 Å². The van der Waals surface area contributed by atoms with Gasteiger partial charge >= 0.3 is 0 Å². The summed E-state index contributed by atoms with van der Waals surface area (Å²) in [6.07, 6.45) is 0.941. The fourth-order valence-corrected chi connectivity index (χ4v) is 3.86. The maximum absolute atomic E-state index is 12.1. The summed E-state index contributed by atoms with van der Waals surface area (Å²) in [7, 11) is -3.58. The highest BCUT2D eigenvalue weighted by atomic mass is 32.2. The van der Waals surface area contributed by atoms with Crippen molar-refractivity contribution in [3.05, 3.63) is 29.8 Å². The first-order valence-corrected chi connectivity index (χ1v) is 9.01. The lowest BCUT2D eigenvalue weighted by Gasteiger charge is -2.12. The normalized spacial score (nSPS) is 24.9. The predicted molar refractivity (Wildman–Crippen MR) is 84.7 cm³/mol. The summed E-state index contributed by atoms with van der Waals surface area (Å²) in [5, 5.41) is 2.84. The molecule has 1 unspecified atom stereocenters. The number of hydrogen-bond donors (Lipinski definition) is 2. The van der Waals surface area contributed by atoms with Crippen LogP contribution in [0.1, 0.15) is 18.9 Å². The molecule has 3 rings (SSSR count). The third kappa shape index (κ3) is 3.37. The fraction of sp³-hybridized carbons (Fsp3) is 0.467. The van der Waals surface area contributed by atoms with E-state index in [0.717, 1.165) is 13.0 Å². The van der Waals surface area contributed by atoms with Crippen LogP contribution in [0.15, 0.2) is 34.2 Å². The van der Waals surface area contributed by atoms with Crippen molar-refractivity contribution in [2.24, 2.45) is 10.9 Å². The Morgan fingerprint density at radius 3 is 3.00 bits per heavy atom. The van der Waals surface area contributed by atoms with E-state index in [1.165, 1.54) is 6.07 Å². The van der Waals surface area contributed by atoms with E-state index < -0.39 is 16.1 Å². The molecular formula is C15H19N3O4S. The standard InChI is InChI=1S/C15H19N3O4S/c1-10(15(19)16-8-11-6-7-22-9-11)17-14-12-4-2-3-5-13(12)23(20,21)18-14/h2-5,10-11H,6-9H2,1H3,(H,16,19)(H,17,18)/t10-,11?/m1/s1. The maximum Gasteiger partial charge on any atom is 0.263 e. The molecule has 2 atom stereocenters. The molecule has 1 aromatic rings. The van der Waals surface area contributed by atoms with Crippen LogP contribution in [0.2, 0.25) is 0 Å². The third-order valence-electron chi connectivity index (χ3n) is 3.95. The Labute approximate surface area is 135 Å². The predicted octanol–water partition coefficient (Wildman–Crippen LogP) is 0.266. The van der Waals surface area contributed by atoms with Crippen LogP contribution in [-0.2, 0) is 19.6 Å². The van der Waals surface area contributed by atoms with Gasteiger partial charge in [-0.25, -0.2) is 8.42 Å². The number of hydrogen-bond acceptors (Lipinski definition) is 5. The van der Waals surface area contributed by atoms with Crippen LogP contribution in [-0.4, -0.2) is 46.0 Å². The molecule has 8 heteroatoms. The van der Waals surface area contributed by atoms with Crippen molar-refractivity contribution in [3.63, 3.8) is 0 Å². The van der Waals surface area contributed by atoms with E-state index in [-0.39, 0.29) is 16.6 Å². The lowest BCUT2D eigenvalue weighted by molar-refractivity contribution is -0.122. The molecule has 7 nitrogen and oxygen atoms in total. The van der Waals surface area contributed by atoms with E-state index in [0.29, 0.717) is 24.6 Å². The van der Waals surface area contributed by atoms with Gasteiger partial charge in [-0.2, -0.15) is 0 Å². The third-order valence-corrected chi connectivity index (χ3v) is 5.35. The molecule has 1 fully saturated rings.